The summed E-state index contributed by atoms with van der Waals surface area (Å²) in [4.78, 5) is 16.2. The molecule has 0 amide bonds. The first-order valence-electron chi connectivity index (χ1n) is 18.5. The third-order valence-electron chi connectivity index (χ3n) is 11.5. The van der Waals surface area contributed by atoms with Crippen molar-refractivity contribution in [1.82, 2.24) is 4.90 Å². The summed E-state index contributed by atoms with van der Waals surface area (Å²) in [6.45, 7) is 7.03. The van der Waals surface area contributed by atoms with E-state index in [9.17, 15) is 20.1 Å². The molecule has 6 atom stereocenters. The lowest BCUT2D eigenvalue weighted by molar-refractivity contribution is -0.0961. The predicted octanol–water partition coefficient (Wildman–Crippen LogP) is 6.61. The quantitative estimate of drug-likeness (QED) is 0.144. The van der Waals surface area contributed by atoms with E-state index in [1.165, 1.54) is 11.8 Å². The number of rotatable bonds is 12. The van der Waals surface area contributed by atoms with Crippen LogP contribution in [0.5, 0.6) is 0 Å². The van der Waals surface area contributed by atoms with E-state index in [4.69, 9.17) is 13.9 Å². The Bertz CT molecular complexity index is 1570. The zero-order chi connectivity index (χ0) is 35.1. The minimum atomic E-state index is -1.10. The van der Waals surface area contributed by atoms with Gasteiger partial charge in [0, 0.05) is 37.2 Å². The molecular formula is C42H55NO7. The fraction of sp³-hybridized carbons (Fsp3) is 0.548. The summed E-state index contributed by atoms with van der Waals surface area (Å²) in [5.41, 5.74) is 3.02. The van der Waals surface area contributed by atoms with E-state index in [1.54, 1.807) is 12.1 Å². The monoisotopic (exact) mass is 685 g/mol. The van der Waals surface area contributed by atoms with E-state index in [1.807, 2.05) is 42.5 Å². The molecule has 7 rings (SSSR count). The second-order valence-corrected chi connectivity index (χ2v) is 15.2. The third-order valence-corrected chi connectivity index (χ3v) is 11.5. The summed E-state index contributed by atoms with van der Waals surface area (Å²) in [6, 6.07) is 19.4. The summed E-state index contributed by atoms with van der Waals surface area (Å²) in [6.07, 6.45) is 9.24. The van der Waals surface area contributed by atoms with Crippen LogP contribution in [-0.2, 0) is 22.5 Å². The average Bonchev–Trinajstić information content (AvgIpc) is 3.87. The number of furan rings is 1. The smallest absolute Gasteiger partial charge is 0.228 e. The molecule has 3 aliphatic carbocycles. The first-order valence-corrected chi connectivity index (χ1v) is 18.5. The molecule has 3 N–H and O–H groups in total. The first kappa shape index (κ1) is 36.7. The maximum Gasteiger partial charge on any atom is 0.228 e. The average molecular weight is 686 g/mol. The van der Waals surface area contributed by atoms with Crippen molar-refractivity contribution in [3.63, 3.8) is 0 Å². The Morgan fingerprint density at radius 1 is 1.08 bits per heavy atom. The number of aliphatic hydroxyl groups is 3. The molecule has 4 aliphatic rings. The van der Waals surface area contributed by atoms with E-state index in [0.717, 1.165) is 55.4 Å². The molecule has 2 heterocycles. The minimum Gasteiger partial charge on any atom is -0.461 e. The molecule has 1 saturated carbocycles. The number of hydrogen-bond donors (Lipinski definition) is 3. The fourth-order valence-electron chi connectivity index (χ4n) is 8.62. The van der Waals surface area contributed by atoms with E-state index in [0.29, 0.717) is 57.5 Å². The van der Waals surface area contributed by atoms with E-state index < -0.39 is 23.2 Å². The summed E-state index contributed by atoms with van der Waals surface area (Å²) >= 11 is 0. The van der Waals surface area contributed by atoms with Crippen molar-refractivity contribution in [2.24, 2.45) is 5.41 Å². The maximum absolute atomic E-state index is 14.0. The third kappa shape index (κ3) is 8.67. The van der Waals surface area contributed by atoms with Crippen LogP contribution in [0.4, 0.5) is 0 Å². The van der Waals surface area contributed by atoms with E-state index in [-0.39, 0.29) is 30.2 Å². The van der Waals surface area contributed by atoms with Gasteiger partial charge in [-0.2, -0.15) is 0 Å². The molecule has 1 aromatic heterocycles. The Morgan fingerprint density at radius 3 is 2.68 bits per heavy atom. The van der Waals surface area contributed by atoms with Gasteiger partial charge in [0.15, 0.2) is 5.76 Å². The molecule has 8 heteroatoms. The standard InChI is InChI=1S/C42H55NO7/c1-30-9-6-19-41(2)38(36-17-15-32(23-33(44)16-14-30)24-37(36)40(46)39-13-8-22-50-39)18-20-42(41,47)29-43(26-35-12-7-21-49-35)25-34(45)28-48-27-31-10-4-3-5-11-31/h3-5,8-11,13,15,17,22,24,33-35,38,44-45,47H,6-7,12,14,16,18-21,23,25-29H2,1-2H3/t33-,34+,35+,38-,41-,42+/m0/s1. The lowest BCUT2D eigenvalue weighted by atomic mass is 9.64. The van der Waals surface area contributed by atoms with Crippen molar-refractivity contribution in [3.8, 4) is 0 Å². The number of carbonyl (C=O) groups excluding carboxylic acids is 1. The Balaban J connectivity index is 1.30. The molecule has 8 nitrogen and oxygen atoms in total. The van der Waals surface area contributed by atoms with Gasteiger partial charge in [-0.25, -0.2) is 0 Å². The van der Waals surface area contributed by atoms with Crippen LogP contribution >= 0.6 is 0 Å². The topological polar surface area (TPSA) is 113 Å². The summed E-state index contributed by atoms with van der Waals surface area (Å²) in [5, 5.41) is 35.1. The molecular weight excluding hydrogens is 630 g/mol. The number of hydrogen-bond acceptors (Lipinski definition) is 8. The van der Waals surface area contributed by atoms with E-state index in [2.05, 4.69) is 30.9 Å². The SMILES string of the molecule is CC1=CCC[C@@]2(C)[C@@H](CC[C@@]2(O)CN(C[C@@H](O)COCc2ccccc2)C[C@H]2CCCO2)c2ccc(cc2C(=O)c2ccco2)C[C@@H](O)CC1. The van der Waals surface area contributed by atoms with Crippen LogP contribution in [-0.4, -0.2) is 82.8 Å². The van der Waals surface area contributed by atoms with Gasteiger partial charge in [0.2, 0.25) is 5.78 Å². The minimum absolute atomic E-state index is 0.0519. The molecule has 2 bridgehead atoms. The van der Waals surface area contributed by atoms with Crippen LogP contribution in [0, 0.1) is 5.41 Å². The molecule has 270 valence electrons. The van der Waals surface area contributed by atoms with Crippen molar-refractivity contribution < 1.29 is 34.0 Å². The normalized spacial score (nSPS) is 28.0. The molecule has 0 spiro atoms. The molecule has 2 fully saturated rings. The van der Waals surface area contributed by atoms with Crippen LogP contribution in [0.1, 0.15) is 104 Å². The number of ketones is 1. The number of aliphatic hydroxyl groups excluding tert-OH is 2. The number of nitrogens with zero attached hydrogens (tertiary/aromatic N) is 1. The lowest BCUT2D eigenvalue weighted by Crippen LogP contribution is -2.55. The zero-order valence-electron chi connectivity index (χ0n) is 29.8. The second kappa shape index (κ2) is 16.5. The highest BCUT2D eigenvalue weighted by atomic mass is 16.5. The summed E-state index contributed by atoms with van der Waals surface area (Å²) < 4.78 is 17.6. The largest absolute Gasteiger partial charge is 0.461 e. The highest BCUT2D eigenvalue weighted by Crippen LogP contribution is 2.59. The van der Waals surface area contributed by atoms with Crippen molar-refractivity contribution >= 4 is 5.78 Å². The van der Waals surface area contributed by atoms with Gasteiger partial charge >= 0.3 is 0 Å². The Hall–Kier alpha value is -3.11. The number of ether oxygens (including phenoxy) is 2. The van der Waals surface area contributed by atoms with Gasteiger partial charge in [0.05, 0.1) is 43.4 Å². The van der Waals surface area contributed by atoms with Crippen molar-refractivity contribution in [3.05, 3.63) is 107 Å². The molecule has 50 heavy (non-hydrogen) atoms. The molecule has 1 saturated heterocycles. The van der Waals surface area contributed by atoms with Gasteiger partial charge < -0.3 is 29.2 Å². The van der Waals surface area contributed by atoms with Crippen molar-refractivity contribution in [2.75, 3.05) is 32.8 Å². The van der Waals surface area contributed by atoms with Crippen molar-refractivity contribution in [2.45, 2.75) is 108 Å². The van der Waals surface area contributed by atoms with Gasteiger partial charge in [-0.1, -0.05) is 61.0 Å². The molecule has 3 aromatic rings. The van der Waals surface area contributed by atoms with Gasteiger partial charge in [-0.05, 0) is 106 Å². The Morgan fingerprint density at radius 2 is 1.92 bits per heavy atom. The van der Waals surface area contributed by atoms with Crippen LogP contribution in [0.15, 0.2) is 83.0 Å². The molecule has 1 aliphatic heterocycles. The molecule has 2 aromatic carbocycles. The number of fused-ring (bicyclic) bond motifs is 8. The molecule has 0 unspecified atom stereocenters. The zero-order valence-corrected chi connectivity index (χ0v) is 29.8. The van der Waals surface area contributed by atoms with Gasteiger partial charge in [-0.15, -0.1) is 0 Å². The first-order chi connectivity index (χ1) is 24.1. The number of benzene rings is 2. The fourth-order valence-corrected chi connectivity index (χ4v) is 8.62. The Kier molecular flexibility index (Phi) is 12.1. The van der Waals surface area contributed by atoms with Gasteiger partial charge in [0.1, 0.15) is 0 Å². The second-order valence-electron chi connectivity index (χ2n) is 15.2. The number of carbonyl (C=O) groups is 1. The molecule has 0 radical (unpaired) electrons. The van der Waals surface area contributed by atoms with Gasteiger partial charge in [-0.3, -0.25) is 9.69 Å². The van der Waals surface area contributed by atoms with Crippen LogP contribution < -0.4 is 0 Å². The van der Waals surface area contributed by atoms with Gasteiger partial charge in [0.25, 0.3) is 0 Å². The van der Waals surface area contributed by atoms with Crippen LogP contribution in [0.3, 0.4) is 0 Å². The summed E-state index contributed by atoms with van der Waals surface area (Å²) in [7, 11) is 0. The van der Waals surface area contributed by atoms with Crippen molar-refractivity contribution in [1.29, 1.82) is 0 Å². The van der Waals surface area contributed by atoms with E-state index >= 15 is 0 Å². The van der Waals surface area contributed by atoms with Crippen LogP contribution in [0.25, 0.3) is 0 Å². The maximum atomic E-state index is 14.0. The summed E-state index contributed by atoms with van der Waals surface area (Å²) in [5.74, 6) is 0.00568. The lowest BCUT2D eigenvalue weighted by Gasteiger charge is -2.46. The van der Waals surface area contributed by atoms with Crippen LogP contribution in [0.2, 0.25) is 0 Å². The predicted molar refractivity (Wildman–Crippen MR) is 193 cm³/mol. The highest BCUT2D eigenvalue weighted by molar-refractivity contribution is 6.08. The highest BCUT2D eigenvalue weighted by Gasteiger charge is 2.57. The number of allylic oxidation sites excluding steroid dienone is 2. The Labute approximate surface area is 297 Å².